The molecule has 0 aliphatic rings. The SMILES string of the molecule is CCCN(CCC)S(=O)(=O)Nc1ccc(N)cc1C(=O)O. The zero-order valence-corrected chi connectivity index (χ0v) is 13.0. The van der Waals surface area contributed by atoms with Crippen molar-refractivity contribution in [1.82, 2.24) is 4.31 Å². The van der Waals surface area contributed by atoms with Crippen molar-refractivity contribution in [3.63, 3.8) is 0 Å². The van der Waals surface area contributed by atoms with Crippen LogP contribution in [0.15, 0.2) is 18.2 Å². The highest BCUT2D eigenvalue weighted by Gasteiger charge is 2.22. The molecule has 0 saturated carbocycles. The fourth-order valence-corrected chi connectivity index (χ4v) is 3.31. The fourth-order valence-electron chi connectivity index (χ4n) is 1.88. The van der Waals surface area contributed by atoms with Gasteiger partial charge in [0, 0.05) is 18.8 Å². The van der Waals surface area contributed by atoms with Crippen LogP contribution in [0.1, 0.15) is 37.0 Å². The number of hydrogen-bond acceptors (Lipinski definition) is 4. The van der Waals surface area contributed by atoms with E-state index in [0.29, 0.717) is 25.9 Å². The lowest BCUT2D eigenvalue weighted by molar-refractivity contribution is 0.0698. The molecule has 0 fully saturated rings. The number of carboxylic acid groups (broad SMARTS) is 1. The summed E-state index contributed by atoms with van der Waals surface area (Å²) in [4.78, 5) is 11.2. The van der Waals surface area contributed by atoms with Gasteiger partial charge in [-0.15, -0.1) is 0 Å². The highest BCUT2D eigenvalue weighted by atomic mass is 32.2. The quantitative estimate of drug-likeness (QED) is 0.632. The first-order chi connectivity index (χ1) is 9.81. The van der Waals surface area contributed by atoms with Crippen LogP contribution < -0.4 is 10.5 Å². The standard InChI is InChI=1S/C13H21N3O4S/c1-3-7-16(8-4-2)21(19,20)15-12-6-5-10(14)9-11(12)13(17)18/h5-6,9,15H,3-4,7-8,14H2,1-2H3,(H,17,18). The summed E-state index contributed by atoms with van der Waals surface area (Å²) in [6.07, 6.45) is 1.35. The van der Waals surface area contributed by atoms with Crippen molar-refractivity contribution in [2.24, 2.45) is 0 Å². The molecule has 8 heteroatoms. The molecule has 0 amide bonds. The first-order valence-corrected chi connectivity index (χ1v) is 8.16. The molecule has 4 N–H and O–H groups in total. The minimum Gasteiger partial charge on any atom is -0.478 e. The van der Waals surface area contributed by atoms with Gasteiger partial charge in [-0.3, -0.25) is 4.72 Å². The number of nitrogen functional groups attached to an aromatic ring is 1. The number of nitrogens with zero attached hydrogens (tertiary/aromatic N) is 1. The van der Waals surface area contributed by atoms with E-state index in [1.807, 2.05) is 13.8 Å². The van der Waals surface area contributed by atoms with Crippen LogP contribution in [-0.2, 0) is 10.2 Å². The van der Waals surface area contributed by atoms with E-state index in [-0.39, 0.29) is 16.9 Å². The summed E-state index contributed by atoms with van der Waals surface area (Å²) in [6.45, 7) is 4.51. The molecule has 0 spiro atoms. The maximum Gasteiger partial charge on any atom is 0.337 e. The van der Waals surface area contributed by atoms with Crippen molar-refractivity contribution in [3.05, 3.63) is 23.8 Å². The second-order valence-corrected chi connectivity index (χ2v) is 6.29. The Balaban J connectivity index is 3.11. The summed E-state index contributed by atoms with van der Waals surface area (Å²) in [5.74, 6) is -1.24. The fraction of sp³-hybridized carbons (Fsp3) is 0.462. The van der Waals surface area contributed by atoms with Crippen molar-refractivity contribution in [3.8, 4) is 0 Å². The number of benzene rings is 1. The lowest BCUT2D eigenvalue weighted by atomic mass is 10.1. The number of nitrogens with one attached hydrogen (secondary N) is 1. The molecule has 0 atom stereocenters. The van der Waals surface area contributed by atoms with E-state index in [2.05, 4.69) is 4.72 Å². The largest absolute Gasteiger partial charge is 0.478 e. The predicted octanol–water partition coefficient (Wildman–Crippen LogP) is 1.75. The van der Waals surface area contributed by atoms with Crippen molar-refractivity contribution >= 4 is 27.6 Å². The van der Waals surface area contributed by atoms with E-state index < -0.39 is 16.2 Å². The lowest BCUT2D eigenvalue weighted by Crippen LogP contribution is -2.37. The summed E-state index contributed by atoms with van der Waals surface area (Å²) in [6, 6.07) is 4.03. The van der Waals surface area contributed by atoms with Gasteiger partial charge in [0.25, 0.3) is 0 Å². The number of aromatic carboxylic acids is 1. The van der Waals surface area contributed by atoms with Gasteiger partial charge in [0.15, 0.2) is 0 Å². The second kappa shape index (κ2) is 7.28. The summed E-state index contributed by atoms with van der Waals surface area (Å²) >= 11 is 0. The lowest BCUT2D eigenvalue weighted by Gasteiger charge is -2.22. The van der Waals surface area contributed by atoms with Crippen LogP contribution in [0.3, 0.4) is 0 Å². The Kier molecular flexibility index (Phi) is 5.98. The first-order valence-electron chi connectivity index (χ1n) is 6.72. The number of hydrogen-bond donors (Lipinski definition) is 3. The van der Waals surface area contributed by atoms with E-state index in [0.717, 1.165) is 0 Å². The maximum absolute atomic E-state index is 12.3. The Hall–Kier alpha value is -1.80. The van der Waals surface area contributed by atoms with Gasteiger partial charge in [-0.25, -0.2) is 4.79 Å². The summed E-state index contributed by atoms with van der Waals surface area (Å²) in [5.41, 5.74) is 5.63. The molecule has 118 valence electrons. The Bertz CT molecular complexity index is 595. The minimum atomic E-state index is -3.79. The molecule has 1 aromatic rings. The minimum absolute atomic E-state index is 0.00825. The van der Waals surface area contributed by atoms with Gasteiger partial charge < -0.3 is 10.8 Å². The van der Waals surface area contributed by atoms with E-state index in [1.165, 1.54) is 22.5 Å². The van der Waals surface area contributed by atoms with Gasteiger partial charge >= 0.3 is 16.2 Å². The Morgan fingerprint density at radius 1 is 1.29 bits per heavy atom. The van der Waals surface area contributed by atoms with Crippen LogP contribution in [-0.4, -0.2) is 36.9 Å². The third-order valence-corrected chi connectivity index (χ3v) is 4.32. The molecule has 7 nitrogen and oxygen atoms in total. The van der Waals surface area contributed by atoms with Crippen LogP contribution in [0.4, 0.5) is 11.4 Å². The molecule has 0 saturated heterocycles. The predicted molar refractivity (Wildman–Crippen MR) is 82.5 cm³/mol. The third-order valence-electron chi connectivity index (χ3n) is 2.80. The average molecular weight is 315 g/mol. The molecule has 21 heavy (non-hydrogen) atoms. The van der Waals surface area contributed by atoms with E-state index in [9.17, 15) is 13.2 Å². The van der Waals surface area contributed by atoms with Crippen molar-refractivity contribution in [1.29, 1.82) is 0 Å². The monoisotopic (exact) mass is 315 g/mol. The van der Waals surface area contributed by atoms with Crippen molar-refractivity contribution < 1.29 is 18.3 Å². The van der Waals surface area contributed by atoms with Crippen LogP contribution in [0, 0.1) is 0 Å². The summed E-state index contributed by atoms with van der Waals surface area (Å²) < 4.78 is 28.3. The number of carboxylic acids is 1. The number of anilines is 2. The second-order valence-electron chi connectivity index (χ2n) is 4.62. The Labute approximate surface area is 124 Å². The van der Waals surface area contributed by atoms with Gasteiger partial charge in [-0.1, -0.05) is 13.8 Å². The van der Waals surface area contributed by atoms with Crippen LogP contribution in [0.25, 0.3) is 0 Å². The maximum atomic E-state index is 12.3. The smallest absolute Gasteiger partial charge is 0.337 e. The zero-order valence-electron chi connectivity index (χ0n) is 12.2. The number of carbonyl (C=O) groups is 1. The first kappa shape index (κ1) is 17.3. The average Bonchev–Trinajstić information content (AvgIpc) is 2.40. The molecule has 0 aliphatic carbocycles. The summed E-state index contributed by atoms with van der Waals surface area (Å²) in [5, 5.41) is 9.13. The molecule has 0 heterocycles. The van der Waals surface area contributed by atoms with Gasteiger partial charge in [0.1, 0.15) is 0 Å². The van der Waals surface area contributed by atoms with Crippen molar-refractivity contribution in [2.75, 3.05) is 23.5 Å². The number of nitrogens with two attached hydrogens (primary N) is 1. The molecular formula is C13H21N3O4S. The van der Waals surface area contributed by atoms with Crippen LogP contribution in [0.5, 0.6) is 0 Å². The molecule has 1 aromatic carbocycles. The normalized spacial score (nSPS) is 11.6. The van der Waals surface area contributed by atoms with E-state index in [1.54, 1.807) is 0 Å². The number of rotatable bonds is 8. The zero-order chi connectivity index (χ0) is 16.0. The van der Waals surface area contributed by atoms with Crippen molar-refractivity contribution in [2.45, 2.75) is 26.7 Å². The molecule has 0 aromatic heterocycles. The van der Waals surface area contributed by atoms with E-state index in [4.69, 9.17) is 10.8 Å². The van der Waals surface area contributed by atoms with Gasteiger partial charge in [-0.05, 0) is 31.0 Å². The molecular weight excluding hydrogens is 294 g/mol. The van der Waals surface area contributed by atoms with Gasteiger partial charge in [0.05, 0.1) is 11.3 Å². The van der Waals surface area contributed by atoms with E-state index >= 15 is 0 Å². The Morgan fingerprint density at radius 3 is 2.33 bits per heavy atom. The highest BCUT2D eigenvalue weighted by Crippen LogP contribution is 2.21. The van der Waals surface area contributed by atoms with Crippen LogP contribution >= 0.6 is 0 Å². The van der Waals surface area contributed by atoms with Gasteiger partial charge in [0.2, 0.25) is 0 Å². The third kappa shape index (κ3) is 4.61. The molecule has 1 rings (SSSR count). The highest BCUT2D eigenvalue weighted by molar-refractivity contribution is 7.90. The Morgan fingerprint density at radius 2 is 1.86 bits per heavy atom. The molecule has 0 aliphatic heterocycles. The topological polar surface area (TPSA) is 113 Å². The summed E-state index contributed by atoms with van der Waals surface area (Å²) in [7, 11) is -3.79. The van der Waals surface area contributed by atoms with Gasteiger partial charge in [-0.2, -0.15) is 12.7 Å². The van der Waals surface area contributed by atoms with Crippen LogP contribution in [0.2, 0.25) is 0 Å². The molecule has 0 unspecified atom stereocenters. The molecule has 0 bridgehead atoms. The molecule has 0 radical (unpaired) electrons.